The third kappa shape index (κ3) is 3.86. The topological polar surface area (TPSA) is 55.2 Å². The first-order valence-electron chi connectivity index (χ1n) is 9.08. The van der Waals surface area contributed by atoms with Gasteiger partial charge in [-0.1, -0.05) is 29.3 Å². The molecule has 4 rings (SSSR count). The van der Waals surface area contributed by atoms with Crippen molar-refractivity contribution in [1.29, 1.82) is 0 Å². The number of methoxy groups -OCH3 is 1. The summed E-state index contributed by atoms with van der Waals surface area (Å²) in [6.45, 7) is 0. The molecule has 1 N–H and O–H groups in total. The fourth-order valence-corrected chi connectivity index (χ4v) is 4.02. The lowest BCUT2D eigenvalue weighted by molar-refractivity contribution is 0.406. The molecule has 0 aliphatic heterocycles. The number of nitrogens with zero attached hydrogens (tertiary/aromatic N) is 2. The molecule has 4 aromatic rings. The van der Waals surface area contributed by atoms with Crippen molar-refractivity contribution in [1.82, 2.24) is 9.97 Å². The summed E-state index contributed by atoms with van der Waals surface area (Å²) in [7, 11) is 1.61. The zero-order valence-electron chi connectivity index (χ0n) is 15.6. The molecule has 0 spiro atoms. The van der Waals surface area contributed by atoms with Gasteiger partial charge in [-0.3, -0.25) is 9.97 Å². The SMILES string of the molecule is COc1ccc(Cl)cc1C(Cc1ccccn1)c1cc(Cl)c2cccnc2c1O. The van der Waals surface area contributed by atoms with E-state index in [0.29, 0.717) is 38.7 Å². The lowest BCUT2D eigenvalue weighted by Gasteiger charge is -2.22. The summed E-state index contributed by atoms with van der Waals surface area (Å²) in [6, 6.07) is 16.6. The van der Waals surface area contributed by atoms with Crippen molar-refractivity contribution in [2.45, 2.75) is 12.3 Å². The Morgan fingerprint density at radius 3 is 2.55 bits per heavy atom. The van der Waals surface area contributed by atoms with Crippen LogP contribution in [0.15, 0.2) is 67.0 Å². The molecule has 0 bridgehead atoms. The fraction of sp³-hybridized carbons (Fsp3) is 0.130. The number of phenolic OH excluding ortho intramolecular Hbond substituents is 1. The number of benzene rings is 2. The number of halogens is 2. The van der Waals surface area contributed by atoms with Crippen LogP contribution in [0.1, 0.15) is 22.7 Å². The first-order valence-corrected chi connectivity index (χ1v) is 9.83. The average Bonchev–Trinajstić information content (AvgIpc) is 2.75. The minimum atomic E-state index is -0.289. The molecule has 29 heavy (non-hydrogen) atoms. The number of ether oxygens (including phenoxy) is 1. The number of rotatable bonds is 5. The standard InChI is InChI=1S/C23H18Cl2N2O2/c1-29-21-8-7-14(24)11-18(21)17(12-15-5-2-3-9-26-15)19-13-20(25)16-6-4-10-27-22(16)23(19)28/h2-11,13,17,28H,12H2,1H3. The van der Waals surface area contributed by atoms with Crippen LogP contribution in [0.25, 0.3) is 10.9 Å². The molecular weight excluding hydrogens is 407 g/mol. The molecule has 0 fully saturated rings. The number of hydrogen-bond acceptors (Lipinski definition) is 4. The van der Waals surface area contributed by atoms with Gasteiger partial charge in [-0.2, -0.15) is 0 Å². The predicted molar refractivity (Wildman–Crippen MR) is 116 cm³/mol. The second-order valence-electron chi connectivity index (χ2n) is 6.66. The van der Waals surface area contributed by atoms with Gasteiger partial charge in [0.1, 0.15) is 17.0 Å². The van der Waals surface area contributed by atoms with Crippen LogP contribution in [0.4, 0.5) is 0 Å². The number of aromatic hydroxyl groups is 1. The number of aromatic nitrogens is 2. The van der Waals surface area contributed by atoms with Crippen LogP contribution in [-0.4, -0.2) is 22.2 Å². The number of pyridine rings is 2. The van der Waals surface area contributed by atoms with Gasteiger partial charge in [-0.15, -0.1) is 0 Å². The van der Waals surface area contributed by atoms with Gasteiger partial charge in [-0.05, 0) is 48.5 Å². The monoisotopic (exact) mass is 424 g/mol. The summed E-state index contributed by atoms with van der Waals surface area (Å²) in [5.74, 6) is 0.474. The third-order valence-corrected chi connectivity index (χ3v) is 5.47. The zero-order valence-corrected chi connectivity index (χ0v) is 17.2. The van der Waals surface area contributed by atoms with Crippen molar-refractivity contribution >= 4 is 34.1 Å². The van der Waals surface area contributed by atoms with Crippen LogP contribution in [-0.2, 0) is 6.42 Å². The highest BCUT2D eigenvalue weighted by atomic mass is 35.5. The average molecular weight is 425 g/mol. The van der Waals surface area contributed by atoms with Crippen molar-refractivity contribution in [2.24, 2.45) is 0 Å². The van der Waals surface area contributed by atoms with E-state index < -0.39 is 0 Å². The smallest absolute Gasteiger partial charge is 0.145 e. The van der Waals surface area contributed by atoms with Gasteiger partial charge in [0.05, 0.1) is 12.1 Å². The Labute approximate surface area is 178 Å². The Morgan fingerprint density at radius 2 is 1.79 bits per heavy atom. The third-order valence-electron chi connectivity index (χ3n) is 4.93. The van der Waals surface area contributed by atoms with Gasteiger partial charge >= 0.3 is 0 Å². The Hall–Kier alpha value is -2.82. The number of fused-ring (bicyclic) bond motifs is 1. The molecule has 2 aromatic carbocycles. The van der Waals surface area contributed by atoms with E-state index >= 15 is 0 Å². The van der Waals surface area contributed by atoms with Crippen LogP contribution in [0.5, 0.6) is 11.5 Å². The van der Waals surface area contributed by atoms with Crippen molar-refractivity contribution in [2.75, 3.05) is 7.11 Å². The second-order valence-corrected chi connectivity index (χ2v) is 7.50. The van der Waals surface area contributed by atoms with E-state index in [1.54, 1.807) is 37.7 Å². The molecule has 2 aromatic heterocycles. The van der Waals surface area contributed by atoms with Crippen molar-refractivity contribution in [3.8, 4) is 11.5 Å². The van der Waals surface area contributed by atoms with Crippen LogP contribution in [0.2, 0.25) is 10.0 Å². The van der Waals surface area contributed by atoms with Crippen molar-refractivity contribution < 1.29 is 9.84 Å². The predicted octanol–water partition coefficient (Wildman–Crippen LogP) is 6.03. The molecule has 4 nitrogen and oxygen atoms in total. The number of hydrogen-bond donors (Lipinski definition) is 1. The van der Waals surface area contributed by atoms with E-state index in [0.717, 1.165) is 11.3 Å². The molecule has 0 aliphatic carbocycles. The highest BCUT2D eigenvalue weighted by Gasteiger charge is 2.25. The Balaban J connectivity index is 1.95. The summed E-state index contributed by atoms with van der Waals surface area (Å²) in [4.78, 5) is 8.80. The molecule has 146 valence electrons. The van der Waals surface area contributed by atoms with Gasteiger partial charge in [0, 0.05) is 52.0 Å². The van der Waals surface area contributed by atoms with E-state index in [9.17, 15) is 5.11 Å². The fourth-order valence-electron chi connectivity index (χ4n) is 3.56. The van der Waals surface area contributed by atoms with Gasteiger partial charge in [0.25, 0.3) is 0 Å². The van der Waals surface area contributed by atoms with Gasteiger partial charge in [0.2, 0.25) is 0 Å². The van der Waals surface area contributed by atoms with E-state index in [-0.39, 0.29) is 11.7 Å². The van der Waals surface area contributed by atoms with Gasteiger partial charge in [0.15, 0.2) is 0 Å². The maximum atomic E-state index is 11.1. The van der Waals surface area contributed by atoms with Crippen LogP contribution < -0.4 is 4.74 Å². The summed E-state index contributed by atoms with van der Waals surface area (Å²) < 4.78 is 5.59. The molecule has 1 atom stereocenters. The van der Waals surface area contributed by atoms with E-state index in [1.807, 2.05) is 36.4 Å². The van der Waals surface area contributed by atoms with Crippen LogP contribution in [0, 0.1) is 0 Å². The van der Waals surface area contributed by atoms with Gasteiger partial charge < -0.3 is 9.84 Å². The molecule has 1 unspecified atom stereocenters. The lowest BCUT2D eigenvalue weighted by Crippen LogP contribution is -2.09. The molecule has 0 radical (unpaired) electrons. The summed E-state index contributed by atoms with van der Waals surface area (Å²) in [5, 5.41) is 12.9. The normalized spacial score (nSPS) is 12.1. The van der Waals surface area contributed by atoms with E-state index in [2.05, 4.69) is 9.97 Å². The lowest BCUT2D eigenvalue weighted by atomic mass is 9.85. The largest absolute Gasteiger partial charge is 0.505 e. The highest BCUT2D eigenvalue weighted by Crippen LogP contribution is 2.43. The molecule has 6 heteroatoms. The summed E-state index contributed by atoms with van der Waals surface area (Å²) >= 11 is 12.9. The maximum absolute atomic E-state index is 11.1. The summed E-state index contributed by atoms with van der Waals surface area (Å²) in [6.07, 6.45) is 3.91. The first-order chi connectivity index (χ1) is 14.1. The maximum Gasteiger partial charge on any atom is 0.145 e. The molecule has 0 saturated carbocycles. The molecule has 0 amide bonds. The Morgan fingerprint density at radius 1 is 0.966 bits per heavy atom. The van der Waals surface area contributed by atoms with Crippen LogP contribution in [0.3, 0.4) is 0 Å². The zero-order chi connectivity index (χ0) is 20.4. The van der Waals surface area contributed by atoms with Crippen LogP contribution >= 0.6 is 23.2 Å². The molecular formula is C23H18Cl2N2O2. The second kappa shape index (κ2) is 8.27. The van der Waals surface area contributed by atoms with E-state index in [1.165, 1.54) is 0 Å². The molecule has 0 saturated heterocycles. The quantitative estimate of drug-likeness (QED) is 0.425. The highest BCUT2D eigenvalue weighted by molar-refractivity contribution is 6.35. The minimum absolute atomic E-state index is 0.0907. The molecule has 2 heterocycles. The van der Waals surface area contributed by atoms with E-state index in [4.69, 9.17) is 27.9 Å². The number of phenols is 1. The summed E-state index contributed by atoms with van der Waals surface area (Å²) in [5.41, 5.74) is 2.82. The van der Waals surface area contributed by atoms with Crippen molar-refractivity contribution in [3.05, 3.63) is 93.9 Å². The Bertz CT molecular complexity index is 1170. The Kier molecular flexibility index (Phi) is 5.56. The minimum Gasteiger partial charge on any atom is -0.505 e. The van der Waals surface area contributed by atoms with Gasteiger partial charge in [-0.25, -0.2) is 0 Å². The van der Waals surface area contributed by atoms with Crippen molar-refractivity contribution in [3.63, 3.8) is 0 Å². The molecule has 0 aliphatic rings. The first kappa shape index (κ1) is 19.5.